The molecule has 1 aliphatic carbocycles. The molecule has 0 aliphatic heterocycles. The van der Waals surface area contributed by atoms with E-state index in [1.54, 1.807) is 18.2 Å². The quantitative estimate of drug-likeness (QED) is 0.441. The smallest absolute Gasteiger partial charge is 0.338 e. The van der Waals surface area contributed by atoms with Gasteiger partial charge < -0.3 is 9.84 Å². The summed E-state index contributed by atoms with van der Waals surface area (Å²) in [6.07, 6.45) is 5.34. The molecule has 1 aliphatic rings. The first-order valence-corrected chi connectivity index (χ1v) is 12.2. The third-order valence-electron chi connectivity index (χ3n) is 5.11. The number of hydrogen-bond donors (Lipinski definition) is 2. The number of methoxy groups -OCH3 is 1. The summed E-state index contributed by atoms with van der Waals surface area (Å²) in [5.74, 6) is -2.91. The summed E-state index contributed by atoms with van der Waals surface area (Å²) in [4.78, 5) is 15.3. The molecule has 2 N–H and O–H groups in total. The fraction of sp³-hybridized carbons (Fsp3) is 0.130. The van der Waals surface area contributed by atoms with Gasteiger partial charge in [0.2, 0.25) is 0 Å². The first-order chi connectivity index (χ1) is 16.2. The van der Waals surface area contributed by atoms with Crippen LogP contribution in [0.1, 0.15) is 28.8 Å². The number of sulfonamides is 1. The maximum atomic E-state index is 14.1. The number of carboxylic acid groups (broad SMARTS) is 1. The Balaban J connectivity index is 1.57. The Kier molecular flexibility index (Phi) is 6.49. The Morgan fingerprint density at radius 2 is 1.82 bits per heavy atom. The maximum absolute atomic E-state index is 14.1. The summed E-state index contributed by atoms with van der Waals surface area (Å²) in [7, 11) is -2.94. The number of halogens is 2. The van der Waals surface area contributed by atoms with Gasteiger partial charge in [0.15, 0.2) is 4.21 Å². The monoisotopic (exact) mass is 504 g/mol. The van der Waals surface area contributed by atoms with Crippen molar-refractivity contribution in [3.63, 3.8) is 0 Å². The summed E-state index contributed by atoms with van der Waals surface area (Å²) < 4.78 is 60.1. The number of benzene rings is 2. The first-order valence-electron chi connectivity index (χ1n) is 9.93. The van der Waals surface area contributed by atoms with Gasteiger partial charge in [0.25, 0.3) is 10.0 Å². The van der Waals surface area contributed by atoms with E-state index in [0.29, 0.717) is 23.4 Å². The number of carboxylic acids is 1. The van der Waals surface area contributed by atoms with Crippen molar-refractivity contribution < 1.29 is 31.8 Å². The molecule has 176 valence electrons. The number of rotatable bonds is 7. The molecule has 0 atom stereocenters. The van der Waals surface area contributed by atoms with E-state index in [-0.39, 0.29) is 21.5 Å². The molecule has 0 saturated carbocycles. The van der Waals surface area contributed by atoms with Crippen LogP contribution in [-0.2, 0) is 10.0 Å². The highest BCUT2D eigenvalue weighted by Gasteiger charge is 2.23. The van der Waals surface area contributed by atoms with Crippen molar-refractivity contribution in [3.05, 3.63) is 77.5 Å². The average Bonchev–Trinajstić information content (AvgIpc) is 3.31. The van der Waals surface area contributed by atoms with E-state index in [9.17, 15) is 22.0 Å². The topological polar surface area (TPSA) is 106 Å². The van der Waals surface area contributed by atoms with Gasteiger partial charge in [-0.3, -0.25) is 4.72 Å². The molecule has 0 spiro atoms. The SMILES string of the molecule is COc1cc(C(=O)O)c(F)cc1NS(=O)(=O)c1cnc(-c2ccc(C3=CC=C(F)CC3)cc2)s1. The largest absolute Gasteiger partial charge is 0.495 e. The number of allylic oxidation sites excluding steroid dienone is 4. The normalized spacial score (nSPS) is 13.7. The third kappa shape index (κ3) is 4.85. The second-order valence-electron chi connectivity index (χ2n) is 7.31. The van der Waals surface area contributed by atoms with E-state index in [1.807, 2.05) is 12.1 Å². The van der Waals surface area contributed by atoms with Gasteiger partial charge in [0.1, 0.15) is 22.4 Å². The molecule has 1 heterocycles. The maximum Gasteiger partial charge on any atom is 0.338 e. The van der Waals surface area contributed by atoms with Gasteiger partial charge in [-0.2, -0.15) is 0 Å². The summed E-state index contributed by atoms with van der Waals surface area (Å²) >= 11 is 0.916. The highest BCUT2D eigenvalue weighted by atomic mass is 32.2. The number of hydrogen-bond acceptors (Lipinski definition) is 6. The summed E-state index contributed by atoms with van der Waals surface area (Å²) in [6.45, 7) is 0. The summed E-state index contributed by atoms with van der Waals surface area (Å²) in [6, 6.07) is 8.99. The number of aromatic nitrogens is 1. The van der Waals surface area contributed by atoms with E-state index < -0.39 is 27.4 Å². The molecule has 0 bridgehead atoms. The second kappa shape index (κ2) is 9.35. The van der Waals surface area contributed by atoms with Crippen LogP contribution in [0, 0.1) is 5.82 Å². The van der Waals surface area contributed by atoms with Crippen molar-refractivity contribution in [1.82, 2.24) is 4.98 Å². The summed E-state index contributed by atoms with van der Waals surface area (Å²) in [5, 5.41) is 9.49. The Bertz CT molecular complexity index is 1430. The van der Waals surface area contributed by atoms with Gasteiger partial charge in [-0.25, -0.2) is 27.0 Å². The van der Waals surface area contributed by atoms with Gasteiger partial charge in [0, 0.05) is 18.1 Å². The lowest BCUT2D eigenvalue weighted by atomic mass is 9.96. The predicted octanol–water partition coefficient (Wildman–Crippen LogP) is 5.49. The molecule has 0 saturated heterocycles. The highest BCUT2D eigenvalue weighted by Crippen LogP contribution is 2.34. The summed E-state index contributed by atoms with van der Waals surface area (Å²) in [5.41, 5.74) is 1.76. The van der Waals surface area contributed by atoms with Crippen molar-refractivity contribution in [2.45, 2.75) is 17.1 Å². The number of nitrogens with one attached hydrogen (secondary N) is 1. The first kappa shape index (κ1) is 23.6. The Labute approximate surface area is 198 Å². The molecule has 4 rings (SSSR count). The van der Waals surface area contributed by atoms with Crippen molar-refractivity contribution in [2.75, 3.05) is 11.8 Å². The number of anilines is 1. The van der Waals surface area contributed by atoms with Gasteiger partial charge in [-0.05, 0) is 29.7 Å². The van der Waals surface area contributed by atoms with E-state index in [1.165, 1.54) is 19.4 Å². The lowest BCUT2D eigenvalue weighted by molar-refractivity contribution is 0.0691. The van der Waals surface area contributed by atoms with Crippen LogP contribution >= 0.6 is 11.3 Å². The van der Waals surface area contributed by atoms with Crippen LogP contribution in [0.15, 0.2) is 64.8 Å². The zero-order chi connectivity index (χ0) is 24.5. The third-order valence-corrected chi connectivity index (χ3v) is 7.99. The van der Waals surface area contributed by atoms with E-state index in [0.717, 1.165) is 34.6 Å². The predicted molar refractivity (Wildman–Crippen MR) is 125 cm³/mol. The lowest BCUT2D eigenvalue weighted by Crippen LogP contribution is -2.13. The van der Waals surface area contributed by atoms with Gasteiger partial charge in [-0.15, -0.1) is 11.3 Å². The number of nitrogens with zero attached hydrogens (tertiary/aromatic N) is 1. The molecule has 0 radical (unpaired) electrons. The van der Waals surface area contributed by atoms with Crippen molar-refractivity contribution in [2.24, 2.45) is 0 Å². The lowest BCUT2D eigenvalue weighted by Gasteiger charge is -2.12. The fourth-order valence-corrected chi connectivity index (χ4v) is 5.55. The van der Waals surface area contributed by atoms with E-state index >= 15 is 0 Å². The van der Waals surface area contributed by atoms with E-state index in [2.05, 4.69) is 9.71 Å². The molecule has 1 aromatic heterocycles. The molecule has 0 amide bonds. The zero-order valence-corrected chi connectivity index (χ0v) is 19.3. The van der Waals surface area contributed by atoms with Gasteiger partial charge in [-0.1, -0.05) is 30.3 Å². The minimum atomic E-state index is -4.15. The minimum Gasteiger partial charge on any atom is -0.495 e. The molecular formula is C23H18F2N2O5S2. The number of thiazole rings is 1. The van der Waals surface area contributed by atoms with Crippen molar-refractivity contribution in [1.29, 1.82) is 0 Å². The zero-order valence-electron chi connectivity index (χ0n) is 17.7. The molecule has 0 unspecified atom stereocenters. The number of aromatic carboxylic acids is 1. The molecule has 34 heavy (non-hydrogen) atoms. The van der Waals surface area contributed by atoms with Crippen LogP contribution in [-0.4, -0.2) is 31.6 Å². The van der Waals surface area contributed by atoms with Gasteiger partial charge in [0.05, 0.1) is 24.6 Å². The molecule has 11 heteroatoms. The van der Waals surface area contributed by atoms with Crippen molar-refractivity contribution in [3.8, 4) is 16.3 Å². The van der Waals surface area contributed by atoms with Crippen LogP contribution in [0.5, 0.6) is 5.75 Å². The minimum absolute atomic E-state index is 0.119. The molecular weight excluding hydrogens is 486 g/mol. The second-order valence-corrected chi connectivity index (χ2v) is 10.3. The fourth-order valence-electron chi connectivity index (χ4n) is 3.36. The Morgan fingerprint density at radius 1 is 1.12 bits per heavy atom. The Hall–Kier alpha value is -3.57. The average molecular weight is 505 g/mol. The number of ether oxygens (including phenoxy) is 1. The molecule has 2 aromatic carbocycles. The van der Waals surface area contributed by atoms with Crippen LogP contribution in [0.4, 0.5) is 14.5 Å². The highest BCUT2D eigenvalue weighted by molar-refractivity contribution is 7.94. The van der Waals surface area contributed by atoms with Crippen LogP contribution in [0.2, 0.25) is 0 Å². The molecule has 7 nitrogen and oxygen atoms in total. The van der Waals surface area contributed by atoms with Gasteiger partial charge >= 0.3 is 5.97 Å². The molecule has 3 aromatic rings. The molecule has 0 fully saturated rings. The van der Waals surface area contributed by atoms with Crippen LogP contribution in [0.25, 0.3) is 16.1 Å². The standard InChI is InChI=1S/C23H18F2N2O5S2/c1-32-20-10-17(23(28)29)18(25)11-19(20)27-34(30,31)21-12-26-22(33-21)15-4-2-13(3-5-15)14-6-8-16(24)9-7-14/h2-6,8,10-12,27H,7,9H2,1H3,(H,28,29). The Morgan fingerprint density at radius 3 is 2.44 bits per heavy atom. The van der Waals surface area contributed by atoms with E-state index in [4.69, 9.17) is 9.84 Å². The number of carbonyl (C=O) groups is 1. The van der Waals surface area contributed by atoms with Crippen LogP contribution < -0.4 is 9.46 Å². The van der Waals surface area contributed by atoms with Crippen LogP contribution in [0.3, 0.4) is 0 Å². The van der Waals surface area contributed by atoms with Crippen molar-refractivity contribution >= 4 is 38.6 Å².